The molecular formula is C21H28N4O6S. The van der Waals surface area contributed by atoms with Crippen molar-refractivity contribution in [2.45, 2.75) is 49.5 Å². The van der Waals surface area contributed by atoms with Gasteiger partial charge in [0.2, 0.25) is 15.9 Å². The van der Waals surface area contributed by atoms with Crippen molar-refractivity contribution in [2.24, 2.45) is 0 Å². The van der Waals surface area contributed by atoms with Crippen LogP contribution >= 0.6 is 0 Å². The summed E-state index contributed by atoms with van der Waals surface area (Å²) in [6.45, 7) is 3.00. The molecule has 10 nitrogen and oxygen atoms in total. The van der Waals surface area contributed by atoms with Crippen LogP contribution in [0.25, 0.3) is 0 Å². The lowest BCUT2D eigenvalue weighted by Crippen LogP contribution is -2.44. The van der Waals surface area contributed by atoms with Crippen LogP contribution in [0.2, 0.25) is 0 Å². The van der Waals surface area contributed by atoms with E-state index in [1.165, 1.54) is 16.4 Å². The smallest absolute Gasteiger partial charge is 0.325 e. The molecule has 1 aromatic rings. The van der Waals surface area contributed by atoms with E-state index in [0.717, 1.165) is 17.7 Å². The van der Waals surface area contributed by atoms with E-state index in [4.69, 9.17) is 4.74 Å². The summed E-state index contributed by atoms with van der Waals surface area (Å²) in [6.07, 6.45) is 2.97. The van der Waals surface area contributed by atoms with Crippen molar-refractivity contribution in [3.05, 3.63) is 23.8 Å². The number of sulfonamides is 1. The van der Waals surface area contributed by atoms with Crippen LogP contribution in [-0.4, -0.2) is 73.9 Å². The van der Waals surface area contributed by atoms with Gasteiger partial charge in [-0.2, -0.15) is 4.31 Å². The van der Waals surface area contributed by atoms with Gasteiger partial charge in [-0.15, -0.1) is 0 Å². The first-order chi connectivity index (χ1) is 15.2. The van der Waals surface area contributed by atoms with Gasteiger partial charge >= 0.3 is 6.03 Å². The summed E-state index contributed by atoms with van der Waals surface area (Å²) >= 11 is 0. The molecule has 3 fully saturated rings. The first kappa shape index (κ1) is 22.7. The van der Waals surface area contributed by atoms with E-state index in [1.54, 1.807) is 13.0 Å². The van der Waals surface area contributed by atoms with Crippen molar-refractivity contribution >= 4 is 33.6 Å². The number of hydrogen-bond donors (Lipinski definition) is 2. The van der Waals surface area contributed by atoms with Gasteiger partial charge in [-0.25, -0.2) is 13.2 Å². The molecule has 1 spiro atoms. The highest BCUT2D eigenvalue weighted by atomic mass is 32.2. The lowest BCUT2D eigenvalue weighted by molar-refractivity contribution is -0.131. The predicted octanol–water partition coefficient (Wildman–Crippen LogP) is 1.21. The second kappa shape index (κ2) is 8.80. The van der Waals surface area contributed by atoms with Gasteiger partial charge < -0.3 is 15.4 Å². The van der Waals surface area contributed by atoms with E-state index in [0.29, 0.717) is 37.3 Å². The number of urea groups is 1. The largest absolute Gasteiger partial charge is 0.379 e. The third-order valence-electron chi connectivity index (χ3n) is 6.36. The highest BCUT2D eigenvalue weighted by molar-refractivity contribution is 7.89. The van der Waals surface area contributed by atoms with E-state index in [9.17, 15) is 22.8 Å². The minimum Gasteiger partial charge on any atom is -0.379 e. The van der Waals surface area contributed by atoms with Crippen molar-refractivity contribution in [1.82, 2.24) is 14.5 Å². The van der Waals surface area contributed by atoms with Crippen LogP contribution in [0.5, 0.6) is 0 Å². The van der Waals surface area contributed by atoms with Crippen LogP contribution in [0.1, 0.15) is 37.7 Å². The number of carbonyl (C=O) groups is 3. The predicted molar refractivity (Wildman–Crippen MR) is 115 cm³/mol. The molecule has 2 heterocycles. The number of imide groups is 1. The molecule has 1 aliphatic carbocycles. The highest BCUT2D eigenvalue weighted by Gasteiger charge is 2.52. The summed E-state index contributed by atoms with van der Waals surface area (Å²) in [5.74, 6) is -0.662. The zero-order valence-corrected chi connectivity index (χ0v) is 18.9. The topological polar surface area (TPSA) is 125 Å². The van der Waals surface area contributed by atoms with Crippen LogP contribution in [0.15, 0.2) is 23.1 Å². The normalized spacial score (nSPS) is 21.2. The molecule has 4 rings (SSSR count). The van der Waals surface area contributed by atoms with Gasteiger partial charge in [0.25, 0.3) is 5.91 Å². The summed E-state index contributed by atoms with van der Waals surface area (Å²) in [5, 5.41) is 5.52. The molecule has 0 unspecified atom stereocenters. The number of nitrogens with one attached hydrogen (secondary N) is 2. The van der Waals surface area contributed by atoms with Crippen LogP contribution in [0.4, 0.5) is 10.5 Å². The number of anilines is 1. The molecule has 2 aliphatic heterocycles. The molecule has 4 amide bonds. The fraction of sp³-hybridized carbons (Fsp3) is 0.571. The molecule has 11 heteroatoms. The standard InChI is InChI=1S/C21H28N4O6S/c1-15-4-5-16(32(29,30)24-10-12-31-13-11-24)14-17(15)22-18(26)6-9-25-19(27)21(23-20(25)28)7-2-3-8-21/h4-5,14H,2-3,6-13H2,1H3,(H,22,26)(H,23,28). The molecule has 2 N–H and O–H groups in total. The molecule has 3 aliphatic rings. The van der Waals surface area contributed by atoms with Gasteiger partial charge in [0.05, 0.1) is 18.1 Å². The summed E-state index contributed by atoms with van der Waals surface area (Å²) in [6, 6.07) is 4.15. The Morgan fingerprint density at radius 3 is 2.56 bits per heavy atom. The van der Waals surface area contributed by atoms with E-state index in [1.807, 2.05) is 0 Å². The average Bonchev–Trinajstić information content (AvgIpc) is 3.33. The Bertz CT molecular complexity index is 1030. The minimum atomic E-state index is -3.69. The fourth-order valence-corrected chi connectivity index (χ4v) is 5.89. The van der Waals surface area contributed by atoms with Crippen LogP contribution in [0.3, 0.4) is 0 Å². The first-order valence-corrected chi connectivity index (χ1v) is 12.3. The monoisotopic (exact) mass is 464 g/mol. The van der Waals surface area contributed by atoms with Gasteiger partial charge in [0, 0.05) is 31.7 Å². The van der Waals surface area contributed by atoms with Crippen LogP contribution in [0, 0.1) is 6.92 Å². The molecule has 1 saturated carbocycles. The minimum absolute atomic E-state index is 0.0247. The first-order valence-electron chi connectivity index (χ1n) is 10.9. The summed E-state index contributed by atoms with van der Waals surface area (Å²) in [5.41, 5.74) is 0.291. The number of aryl methyl sites for hydroxylation is 1. The van der Waals surface area contributed by atoms with Gasteiger partial charge in [-0.05, 0) is 37.5 Å². The molecule has 0 bridgehead atoms. The van der Waals surface area contributed by atoms with E-state index in [2.05, 4.69) is 10.6 Å². The Labute approximate surface area is 187 Å². The van der Waals surface area contributed by atoms with E-state index < -0.39 is 27.5 Å². The third-order valence-corrected chi connectivity index (χ3v) is 8.25. The lowest BCUT2D eigenvalue weighted by atomic mass is 9.98. The molecule has 0 atom stereocenters. The maximum absolute atomic E-state index is 12.9. The number of carbonyl (C=O) groups excluding carboxylic acids is 3. The fourth-order valence-electron chi connectivity index (χ4n) is 4.46. The Morgan fingerprint density at radius 2 is 1.88 bits per heavy atom. The second-order valence-corrected chi connectivity index (χ2v) is 10.4. The van der Waals surface area contributed by atoms with Crippen molar-refractivity contribution in [1.29, 1.82) is 0 Å². The van der Waals surface area contributed by atoms with Crippen LogP contribution in [-0.2, 0) is 24.3 Å². The number of hydrogen-bond acceptors (Lipinski definition) is 6. The Hall–Kier alpha value is -2.50. The van der Waals surface area contributed by atoms with Gasteiger partial charge in [-0.1, -0.05) is 18.9 Å². The molecule has 32 heavy (non-hydrogen) atoms. The van der Waals surface area contributed by atoms with Crippen LogP contribution < -0.4 is 10.6 Å². The second-order valence-electron chi connectivity index (χ2n) is 8.47. The summed E-state index contributed by atoms with van der Waals surface area (Å²) in [4.78, 5) is 38.7. The molecule has 0 radical (unpaired) electrons. The highest BCUT2D eigenvalue weighted by Crippen LogP contribution is 2.35. The quantitative estimate of drug-likeness (QED) is 0.610. The average molecular weight is 465 g/mol. The number of amides is 4. The SMILES string of the molecule is Cc1ccc(S(=O)(=O)N2CCOCC2)cc1NC(=O)CCN1C(=O)NC2(CCCC2)C1=O. The maximum Gasteiger partial charge on any atom is 0.325 e. The zero-order chi connectivity index (χ0) is 22.9. The number of benzene rings is 1. The number of nitrogens with zero attached hydrogens (tertiary/aromatic N) is 2. The molecular weight excluding hydrogens is 436 g/mol. The van der Waals surface area contributed by atoms with E-state index in [-0.39, 0.29) is 36.9 Å². The van der Waals surface area contributed by atoms with Crippen molar-refractivity contribution in [2.75, 3.05) is 38.2 Å². The Morgan fingerprint density at radius 1 is 1.19 bits per heavy atom. The van der Waals surface area contributed by atoms with Gasteiger partial charge in [0.1, 0.15) is 5.54 Å². The van der Waals surface area contributed by atoms with E-state index >= 15 is 0 Å². The lowest BCUT2D eigenvalue weighted by Gasteiger charge is -2.26. The van der Waals surface area contributed by atoms with Gasteiger partial charge in [0.15, 0.2) is 0 Å². The summed E-state index contributed by atoms with van der Waals surface area (Å²) in [7, 11) is -3.69. The van der Waals surface area contributed by atoms with Crippen molar-refractivity contribution in [3.8, 4) is 0 Å². The van der Waals surface area contributed by atoms with Gasteiger partial charge in [-0.3, -0.25) is 14.5 Å². The molecule has 0 aromatic heterocycles. The van der Waals surface area contributed by atoms with Crippen molar-refractivity contribution < 1.29 is 27.5 Å². The number of rotatable bonds is 6. The maximum atomic E-state index is 12.9. The molecule has 1 aromatic carbocycles. The molecule has 174 valence electrons. The number of ether oxygens (including phenoxy) is 1. The van der Waals surface area contributed by atoms with Crippen molar-refractivity contribution in [3.63, 3.8) is 0 Å². The number of morpholine rings is 1. The Kier molecular flexibility index (Phi) is 6.24. The third kappa shape index (κ3) is 4.24. The zero-order valence-electron chi connectivity index (χ0n) is 18.1. The Balaban J connectivity index is 1.41. The molecule has 2 saturated heterocycles. The summed E-state index contributed by atoms with van der Waals surface area (Å²) < 4.78 is 32.4.